The van der Waals surface area contributed by atoms with Crippen molar-refractivity contribution >= 4 is 73.9 Å². The molecule has 2 aromatic rings. The number of nitrogens with one attached hydrogen (secondary N) is 2. The fourth-order valence-corrected chi connectivity index (χ4v) is 3.02. The summed E-state index contributed by atoms with van der Waals surface area (Å²) < 4.78 is 0.837. The van der Waals surface area contributed by atoms with Gasteiger partial charge in [-0.25, -0.2) is 4.98 Å². The molecule has 0 unspecified atom stereocenters. The molecule has 0 aliphatic rings. The van der Waals surface area contributed by atoms with Crippen LogP contribution in [0.1, 0.15) is 5.56 Å². The molecule has 0 aliphatic carbocycles. The van der Waals surface area contributed by atoms with Gasteiger partial charge in [-0.3, -0.25) is 0 Å². The summed E-state index contributed by atoms with van der Waals surface area (Å²) in [6.07, 6.45) is 2.33. The van der Waals surface area contributed by atoms with E-state index in [0.29, 0.717) is 39.0 Å². The van der Waals surface area contributed by atoms with Gasteiger partial charge in [0.25, 0.3) is 0 Å². The second kappa shape index (κ2) is 8.31. The number of halogens is 4. The van der Waals surface area contributed by atoms with Crippen molar-refractivity contribution < 1.29 is 0 Å². The molecule has 0 saturated heterocycles. The van der Waals surface area contributed by atoms with Crippen molar-refractivity contribution in [2.75, 3.05) is 11.9 Å². The number of nitrogens with zero attached hydrogens (tertiary/aromatic N) is 1. The van der Waals surface area contributed by atoms with Crippen LogP contribution in [0.4, 0.5) is 5.82 Å². The molecule has 1 heterocycles. The summed E-state index contributed by atoms with van der Waals surface area (Å²) in [5.41, 5.74) is 0.869. The Balaban J connectivity index is 1.89. The average molecular weight is 440 g/mol. The van der Waals surface area contributed by atoms with E-state index in [9.17, 15) is 0 Å². The van der Waals surface area contributed by atoms with E-state index < -0.39 is 0 Å². The largest absolute Gasteiger partial charge is 0.362 e. The lowest BCUT2D eigenvalue weighted by Gasteiger charge is -2.12. The van der Waals surface area contributed by atoms with E-state index in [1.165, 1.54) is 0 Å². The van der Waals surface area contributed by atoms with E-state index in [1.54, 1.807) is 18.3 Å². The summed E-state index contributed by atoms with van der Waals surface area (Å²) in [6.45, 7) is 0.590. The first-order chi connectivity index (χ1) is 10.5. The Bertz CT molecular complexity index is 697. The number of hydrogen-bond acceptors (Lipinski definition) is 2. The molecule has 0 atom stereocenters. The highest BCUT2D eigenvalue weighted by Crippen LogP contribution is 2.29. The molecule has 22 heavy (non-hydrogen) atoms. The second-order valence-electron chi connectivity index (χ2n) is 4.33. The summed E-state index contributed by atoms with van der Waals surface area (Å²) in [5.74, 6) is 0.656. The van der Waals surface area contributed by atoms with Gasteiger partial charge in [0.05, 0.1) is 14.5 Å². The molecule has 2 rings (SSSR count). The molecule has 0 saturated carbocycles. The fourth-order valence-electron chi connectivity index (χ4n) is 1.73. The topological polar surface area (TPSA) is 37.0 Å². The molecule has 2 N–H and O–H groups in total. The maximum absolute atomic E-state index is 6.15. The van der Waals surface area contributed by atoms with Crippen molar-refractivity contribution in [3.63, 3.8) is 0 Å². The van der Waals surface area contributed by atoms with Crippen LogP contribution in [0.3, 0.4) is 0 Å². The van der Waals surface area contributed by atoms with Gasteiger partial charge in [-0.05, 0) is 64.4 Å². The third kappa shape index (κ3) is 4.96. The predicted molar refractivity (Wildman–Crippen MR) is 101 cm³/mol. The standard InChI is InChI=1S/C14H11BrCl3N3S/c15-10-2-1-4-19-13(10)21-14(22)20-5-3-8-6-9(16)7-11(17)12(8)18/h1-2,4,6-7H,3,5H2,(H2,19,20,21,22). The SMILES string of the molecule is S=C(NCCc1cc(Cl)cc(Cl)c1Cl)Nc1ncccc1Br. The average Bonchev–Trinajstić information content (AvgIpc) is 2.46. The van der Waals surface area contributed by atoms with Crippen molar-refractivity contribution in [1.29, 1.82) is 0 Å². The van der Waals surface area contributed by atoms with E-state index in [-0.39, 0.29) is 0 Å². The van der Waals surface area contributed by atoms with Gasteiger partial charge in [0.2, 0.25) is 0 Å². The first kappa shape index (κ1) is 17.8. The zero-order valence-corrected chi connectivity index (χ0v) is 15.8. The Hall–Kier alpha value is -0.590. The van der Waals surface area contributed by atoms with Gasteiger partial charge in [-0.2, -0.15) is 0 Å². The smallest absolute Gasteiger partial charge is 0.171 e. The highest BCUT2D eigenvalue weighted by molar-refractivity contribution is 9.10. The summed E-state index contributed by atoms with van der Waals surface area (Å²) in [5, 5.41) is 8.09. The molecule has 0 fully saturated rings. The lowest BCUT2D eigenvalue weighted by atomic mass is 10.1. The minimum Gasteiger partial charge on any atom is -0.362 e. The molecule has 0 radical (unpaired) electrons. The highest BCUT2D eigenvalue weighted by Gasteiger charge is 2.08. The van der Waals surface area contributed by atoms with Gasteiger partial charge in [-0.1, -0.05) is 34.8 Å². The van der Waals surface area contributed by atoms with Crippen LogP contribution < -0.4 is 10.6 Å². The summed E-state index contributed by atoms with van der Waals surface area (Å²) in [4.78, 5) is 4.18. The van der Waals surface area contributed by atoms with Gasteiger partial charge in [-0.15, -0.1) is 0 Å². The quantitative estimate of drug-likeness (QED) is 0.499. The van der Waals surface area contributed by atoms with Crippen LogP contribution >= 0.6 is 63.0 Å². The van der Waals surface area contributed by atoms with Gasteiger partial charge in [0, 0.05) is 17.8 Å². The number of anilines is 1. The first-order valence-electron chi connectivity index (χ1n) is 6.26. The number of hydrogen-bond donors (Lipinski definition) is 2. The molecular formula is C14H11BrCl3N3S. The number of aromatic nitrogens is 1. The molecule has 0 spiro atoms. The van der Waals surface area contributed by atoms with Crippen molar-refractivity contribution in [3.05, 3.63) is 55.6 Å². The summed E-state index contributed by atoms with van der Waals surface area (Å²) >= 11 is 26.7. The molecule has 1 aromatic heterocycles. The predicted octanol–water partition coefficient (Wildman–Crippen LogP) is 5.33. The number of thiocarbonyl (C=S) groups is 1. The monoisotopic (exact) mass is 437 g/mol. The van der Waals surface area contributed by atoms with E-state index >= 15 is 0 Å². The van der Waals surface area contributed by atoms with Crippen molar-refractivity contribution in [2.45, 2.75) is 6.42 Å². The molecule has 0 bridgehead atoms. The molecule has 116 valence electrons. The van der Waals surface area contributed by atoms with Gasteiger partial charge >= 0.3 is 0 Å². The van der Waals surface area contributed by atoms with Crippen LogP contribution in [0.15, 0.2) is 34.9 Å². The molecule has 1 aromatic carbocycles. The Morgan fingerprint density at radius 1 is 1.27 bits per heavy atom. The van der Waals surface area contributed by atoms with Crippen LogP contribution in [0.25, 0.3) is 0 Å². The second-order valence-corrected chi connectivity index (χ2v) is 6.81. The van der Waals surface area contributed by atoms with E-state index in [0.717, 1.165) is 10.0 Å². The zero-order chi connectivity index (χ0) is 16.1. The van der Waals surface area contributed by atoms with Gasteiger partial charge in [0.15, 0.2) is 5.11 Å². The summed E-state index contributed by atoms with van der Waals surface area (Å²) in [7, 11) is 0. The highest BCUT2D eigenvalue weighted by atomic mass is 79.9. The number of benzene rings is 1. The molecule has 3 nitrogen and oxygen atoms in total. The third-order valence-corrected chi connectivity index (χ3v) is 4.68. The Morgan fingerprint density at radius 3 is 2.77 bits per heavy atom. The van der Waals surface area contributed by atoms with Crippen molar-refractivity contribution in [1.82, 2.24) is 10.3 Å². The fraction of sp³-hybridized carbons (Fsp3) is 0.143. The molecule has 8 heteroatoms. The van der Waals surface area contributed by atoms with Crippen LogP contribution in [0.5, 0.6) is 0 Å². The van der Waals surface area contributed by atoms with Crippen LogP contribution in [-0.2, 0) is 6.42 Å². The van der Waals surface area contributed by atoms with Crippen molar-refractivity contribution in [2.24, 2.45) is 0 Å². The number of rotatable bonds is 4. The summed E-state index contributed by atoms with van der Waals surface area (Å²) in [6, 6.07) is 7.12. The number of pyridine rings is 1. The zero-order valence-electron chi connectivity index (χ0n) is 11.2. The Morgan fingerprint density at radius 2 is 2.05 bits per heavy atom. The Kier molecular flexibility index (Phi) is 6.71. The van der Waals surface area contributed by atoms with E-state index in [1.807, 2.05) is 12.1 Å². The van der Waals surface area contributed by atoms with Gasteiger partial charge < -0.3 is 10.6 Å². The van der Waals surface area contributed by atoms with E-state index in [4.69, 9.17) is 47.0 Å². The molecule has 0 aliphatic heterocycles. The minimum atomic E-state index is 0.447. The van der Waals surface area contributed by atoms with Crippen LogP contribution in [-0.4, -0.2) is 16.6 Å². The van der Waals surface area contributed by atoms with E-state index in [2.05, 4.69) is 31.5 Å². The molecular weight excluding hydrogens is 429 g/mol. The maximum Gasteiger partial charge on any atom is 0.171 e. The lowest BCUT2D eigenvalue weighted by Crippen LogP contribution is -2.30. The van der Waals surface area contributed by atoms with Gasteiger partial charge in [0.1, 0.15) is 5.82 Å². The maximum atomic E-state index is 6.15. The first-order valence-corrected chi connectivity index (χ1v) is 8.59. The third-order valence-electron chi connectivity index (χ3n) is 2.74. The Labute approximate surface area is 157 Å². The van der Waals surface area contributed by atoms with Crippen LogP contribution in [0, 0.1) is 0 Å². The molecule has 0 amide bonds. The minimum absolute atomic E-state index is 0.447. The van der Waals surface area contributed by atoms with Crippen molar-refractivity contribution in [3.8, 4) is 0 Å². The lowest BCUT2D eigenvalue weighted by molar-refractivity contribution is 0.873. The van der Waals surface area contributed by atoms with Crippen LogP contribution in [0.2, 0.25) is 15.1 Å². The normalized spacial score (nSPS) is 10.4.